The van der Waals surface area contributed by atoms with Crippen LogP contribution >= 0.6 is 0 Å². The maximum Gasteiger partial charge on any atom is 0.169 e. The average Bonchev–Trinajstić information content (AvgIpc) is 2.31. The van der Waals surface area contributed by atoms with Gasteiger partial charge in [-0.15, -0.1) is 0 Å². The van der Waals surface area contributed by atoms with Gasteiger partial charge in [-0.05, 0) is 24.9 Å². The van der Waals surface area contributed by atoms with Gasteiger partial charge in [0.05, 0.1) is 7.11 Å². The molecular weight excluding hydrogens is 217 g/mol. The van der Waals surface area contributed by atoms with Crippen LogP contribution in [0.4, 0.5) is 4.39 Å². The van der Waals surface area contributed by atoms with Crippen molar-refractivity contribution in [2.45, 2.75) is 33.2 Å². The van der Waals surface area contributed by atoms with Gasteiger partial charge in [0.1, 0.15) is 0 Å². The zero-order valence-electron chi connectivity index (χ0n) is 11.1. The Kier molecular flexibility index (Phi) is 5.42. The Balaban J connectivity index is 3.01. The smallest absolute Gasteiger partial charge is 0.169 e. The molecule has 0 aliphatic heterocycles. The number of halogens is 1. The molecular formula is C14H22FNO. The molecule has 17 heavy (non-hydrogen) atoms. The molecule has 0 amide bonds. The van der Waals surface area contributed by atoms with Crippen LogP contribution in [-0.4, -0.2) is 13.7 Å². The number of hydrogen-bond donors (Lipinski definition) is 1. The van der Waals surface area contributed by atoms with Crippen molar-refractivity contribution in [3.05, 3.63) is 29.6 Å². The molecule has 0 bridgehead atoms. The Labute approximate surface area is 103 Å². The van der Waals surface area contributed by atoms with E-state index in [-0.39, 0.29) is 11.9 Å². The standard InChI is InChI=1S/C14H22FNO/c1-5-9-16-14(10(2)3)11-7-6-8-12(17-4)13(11)15/h6-8,10,14,16H,5,9H2,1-4H3. The maximum atomic E-state index is 14.1. The molecule has 3 heteroatoms. The van der Waals surface area contributed by atoms with Crippen LogP contribution in [-0.2, 0) is 0 Å². The van der Waals surface area contributed by atoms with Crippen molar-refractivity contribution < 1.29 is 9.13 Å². The second-order valence-electron chi connectivity index (χ2n) is 4.54. The molecule has 96 valence electrons. The predicted octanol–water partition coefficient (Wildman–Crippen LogP) is 3.53. The van der Waals surface area contributed by atoms with E-state index >= 15 is 0 Å². The molecule has 1 aromatic rings. The number of hydrogen-bond acceptors (Lipinski definition) is 2. The molecule has 0 aliphatic rings. The lowest BCUT2D eigenvalue weighted by molar-refractivity contribution is 0.363. The quantitative estimate of drug-likeness (QED) is 0.820. The van der Waals surface area contributed by atoms with Gasteiger partial charge in [-0.2, -0.15) is 0 Å². The van der Waals surface area contributed by atoms with Gasteiger partial charge >= 0.3 is 0 Å². The Bertz CT molecular complexity index is 352. The summed E-state index contributed by atoms with van der Waals surface area (Å²) in [4.78, 5) is 0. The van der Waals surface area contributed by atoms with Gasteiger partial charge in [-0.1, -0.05) is 32.9 Å². The van der Waals surface area contributed by atoms with Gasteiger partial charge in [-0.25, -0.2) is 4.39 Å². The summed E-state index contributed by atoms with van der Waals surface area (Å²) < 4.78 is 19.2. The minimum atomic E-state index is -0.252. The van der Waals surface area contributed by atoms with Crippen LogP contribution < -0.4 is 10.1 Å². The van der Waals surface area contributed by atoms with E-state index in [1.54, 1.807) is 6.07 Å². The van der Waals surface area contributed by atoms with Crippen LogP contribution in [0.2, 0.25) is 0 Å². The van der Waals surface area contributed by atoms with Crippen LogP contribution in [0.15, 0.2) is 18.2 Å². The number of rotatable bonds is 6. The summed E-state index contributed by atoms with van der Waals surface area (Å²) in [7, 11) is 1.49. The molecule has 1 aromatic carbocycles. The summed E-state index contributed by atoms with van der Waals surface area (Å²) in [5.41, 5.74) is 0.688. The van der Waals surface area contributed by atoms with Crippen LogP contribution in [0, 0.1) is 11.7 Å². The third-order valence-corrected chi connectivity index (χ3v) is 2.83. The molecule has 0 spiro atoms. The molecule has 1 atom stereocenters. The molecule has 1 N–H and O–H groups in total. The van der Waals surface area contributed by atoms with Gasteiger partial charge in [0, 0.05) is 11.6 Å². The van der Waals surface area contributed by atoms with Crippen LogP contribution in [0.5, 0.6) is 5.75 Å². The number of benzene rings is 1. The Hall–Kier alpha value is -1.09. The van der Waals surface area contributed by atoms with E-state index in [1.165, 1.54) is 7.11 Å². The largest absolute Gasteiger partial charge is 0.494 e. The molecule has 0 fully saturated rings. The highest BCUT2D eigenvalue weighted by Gasteiger charge is 2.20. The zero-order chi connectivity index (χ0) is 12.8. The molecule has 0 radical (unpaired) electrons. The minimum absolute atomic E-state index is 0.0325. The molecule has 0 saturated heterocycles. The average molecular weight is 239 g/mol. The van der Waals surface area contributed by atoms with Crippen molar-refractivity contribution in [1.82, 2.24) is 5.32 Å². The first kappa shape index (κ1) is 14.0. The van der Waals surface area contributed by atoms with Crippen molar-refractivity contribution in [3.8, 4) is 5.75 Å². The van der Waals surface area contributed by atoms with E-state index in [0.29, 0.717) is 17.2 Å². The van der Waals surface area contributed by atoms with Gasteiger partial charge in [0.25, 0.3) is 0 Å². The lowest BCUT2D eigenvalue weighted by Gasteiger charge is -2.23. The van der Waals surface area contributed by atoms with E-state index in [0.717, 1.165) is 13.0 Å². The third-order valence-electron chi connectivity index (χ3n) is 2.83. The van der Waals surface area contributed by atoms with Crippen molar-refractivity contribution in [3.63, 3.8) is 0 Å². The summed E-state index contributed by atoms with van der Waals surface area (Å²) in [6, 6.07) is 5.34. The topological polar surface area (TPSA) is 21.3 Å². The van der Waals surface area contributed by atoms with Gasteiger partial charge in [0.15, 0.2) is 11.6 Å². The number of nitrogens with one attached hydrogen (secondary N) is 1. The normalized spacial score (nSPS) is 12.8. The lowest BCUT2D eigenvalue weighted by atomic mass is 9.95. The van der Waals surface area contributed by atoms with Crippen LogP contribution in [0.25, 0.3) is 0 Å². The van der Waals surface area contributed by atoms with E-state index in [9.17, 15) is 4.39 Å². The summed E-state index contributed by atoms with van der Waals surface area (Å²) in [5, 5.41) is 3.38. The van der Waals surface area contributed by atoms with E-state index in [1.807, 2.05) is 12.1 Å². The van der Waals surface area contributed by atoms with E-state index in [2.05, 4.69) is 26.1 Å². The Morgan fingerprint density at radius 3 is 2.59 bits per heavy atom. The first-order valence-corrected chi connectivity index (χ1v) is 6.17. The SMILES string of the molecule is CCCNC(c1cccc(OC)c1F)C(C)C. The molecule has 0 aromatic heterocycles. The monoisotopic (exact) mass is 239 g/mol. The number of methoxy groups -OCH3 is 1. The molecule has 2 nitrogen and oxygen atoms in total. The minimum Gasteiger partial charge on any atom is -0.494 e. The van der Waals surface area contributed by atoms with Gasteiger partial charge < -0.3 is 10.1 Å². The molecule has 1 unspecified atom stereocenters. The van der Waals surface area contributed by atoms with Gasteiger partial charge in [-0.3, -0.25) is 0 Å². The summed E-state index contributed by atoms with van der Waals surface area (Å²) in [6.45, 7) is 7.17. The number of ether oxygens (including phenoxy) is 1. The highest BCUT2D eigenvalue weighted by molar-refractivity contribution is 5.33. The summed E-state index contributed by atoms with van der Waals surface area (Å²) in [6.07, 6.45) is 1.04. The van der Waals surface area contributed by atoms with Crippen molar-refractivity contribution in [2.75, 3.05) is 13.7 Å². The summed E-state index contributed by atoms with van der Waals surface area (Å²) >= 11 is 0. The van der Waals surface area contributed by atoms with Crippen molar-refractivity contribution >= 4 is 0 Å². The Morgan fingerprint density at radius 1 is 1.35 bits per heavy atom. The highest BCUT2D eigenvalue weighted by atomic mass is 19.1. The second kappa shape index (κ2) is 6.60. The van der Waals surface area contributed by atoms with Crippen LogP contribution in [0.1, 0.15) is 38.8 Å². The van der Waals surface area contributed by atoms with Crippen LogP contribution in [0.3, 0.4) is 0 Å². The second-order valence-corrected chi connectivity index (χ2v) is 4.54. The van der Waals surface area contributed by atoms with Gasteiger partial charge in [0.2, 0.25) is 0 Å². The summed E-state index contributed by atoms with van der Waals surface area (Å²) in [5.74, 6) is 0.395. The lowest BCUT2D eigenvalue weighted by Crippen LogP contribution is -2.27. The van der Waals surface area contributed by atoms with E-state index in [4.69, 9.17) is 4.74 Å². The van der Waals surface area contributed by atoms with E-state index < -0.39 is 0 Å². The molecule has 0 heterocycles. The molecule has 1 rings (SSSR count). The fourth-order valence-electron chi connectivity index (χ4n) is 1.93. The third kappa shape index (κ3) is 3.43. The zero-order valence-corrected chi connectivity index (χ0v) is 11.1. The van der Waals surface area contributed by atoms with Crippen molar-refractivity contribution in [1.29, 1.82) is 0 Å². The fraction of sp³-hybridized carbons (Fsp3) is 0.571. The maximum absolute atomic E-state index is 14.1. The molecule has 0 saturated carbocycles. The predicted molar refractivity (Wildman–Crippen MR) is 68.8 cm³/mol. The fourth-order valence-corrected chi connectivity index (χ4v) is 1.93. The first-order chi connectivity index (χ1) is 8.11. The first-order valence-electron chi connectivity index (χ1n) is 6.17. The Morgan fingerprint density at radius 2 is 2.06 bits per heavy atom. The molecule has 0 aliphatic carbocycles. The highest BCUT2D eigenvalue weighted by Crippen LogP contribution is 2.29. The van der Waals surface area contributed by atoms with Crippen molar-refractivity contribution in [2.24, 2.45) is 5.92 Å².